The van der Waals surface area contributed by atoms with Gasteiger partial charge < -0.3 is 28.6 Å². The Hall–Kier alpha value is -2.74. The smallest absolute Gasteiger partial charge is 0.415 e. The highest BCUT2D eigenvalue weighted by molar-refractivity contribution is 5.92. The van der Waals surface area contributed by atoms with Gasteiger partial charge in [0.2, 0.25) is 0 Å². The topological polar surface area (TPSA) is 73.2 Å². The highest BCUT2D eigenvalue weighted by Crippen LogP contribution is 2.35. The maximum Gasteiger partial charge on any atom is 0.415 e. The first-order valence-corrected chi connectivity index (χ1v) is 8.69. The molecule has 8 heteroatoms. The van der Waals surface area contributed by atoms with E-state index in [0.717, 1.165) is 0 Å². The molecule has 0 aliphatic heterocycles. The zero-order chi connectivity index (χ0) is 20.1. The highest BCUT2D eigenvalue weighted by Gasteiger charge is 2.18. The summed E-state index contributed by atoms with van der Waals surface area (Å²) < 4.78 is 17.7. The molecule has 2 rings (SSSR count). The SMILES string of the molecule is CCn1cc(OC(=O)N(C)CCN(C)C)c2cc(OC)c(OC)cc2c1=O. The van der Waals surface area contributed by atoms with E-state index in [1.54, 1.807) is 25.4 Å². The Morgan fingerprint density at radius 3 is 2.11 bits per heavy atom. The van der Waals surface area contributed by atoms with Gasteiger partial charge in [-0.15, -0.1) is 0 Å². The Labute approximate surface area is 158 Å². The van der Waals surface area contributed by atoms with Crippen LogP contribution in [0.3, 0.4) is 0 Å². The molecule has 1 amide bonds. The predicted molar refractivity (Wildman–Crippen MR) is 104 cm³/mol. The standard InChI is InChI=1S/C19H27N3O5/c1-7-22-12-17(27-19(24)21(4)9-8-20(2)3)13-10-15(25-5)16(26-6)11-14(13)18(22)23/h10-12H,7-9H2,1-6H3. The van der Waals surface area contributed by atoms with Gasteiger partial charge in [0.15, 0.2) is 17.2 Å². The van der Waals surface area contributed by atoms with Crippen LogP contribution in [0, 0.1) is 0 Å². The van der Waals surface area contributed by atoms with E-state index in [1.807, 2.05) is 25.9 Å². The summed E-state index contributed by atoms with van der Waals surface area (Å²) in [5, 5.41) is 0.896. The van der Waals surface area contributed by atoms with E-state index >= 15 is 0 Å². The fraction of sp³-hybridized carbons (Fsp3) is 0.474. The van der Waals surface area contributed by atoms with Crippen LogP contribution in [0.1, 0.15) is 6.92 Å². The second kappa shape index (κ2) is 8.77. The third-order valence-electron chi connectivity index (χ3n) is 4.29. The highest BCUT2D eigenvalue weighted by atomic mass is 16.6. The lowest BCUT2D eigenvalue weighted by atomic mass is 10.1. The fourth-order valence-electron chi connectivity index (χ4n) is 2.61. The van der Waals surface area contributed by atoms with Crippen LogP contribution >= 0.6 is 0 Å². The van der Waals surface area contributed by atoms with Gasteiger partial charge in [0.25, 0.3) is 5.56 Å². The number of hydrogen-bond donors (Lipinski definition) is 0. The van der Waals surface area contributed by atoms with Crippen LogP contribution < -0.4 is 19.8 Å². The van der Waals surface area contributed by atoms with Crippen molar-refractivity contribution < 1.29 is 19.0 Å². The number of aryl methyl sites for hydroxylation is 1. The number of pyridine rings is 1. The van der Waals surface area contributed by atoms with Crippen molar-refractivity contribution >= 4 is 16.9 Å². The quantitative estimate of drug-likeness (QED) is 0.735. The van der Waals surface area contributed by atoms with Crippen molar-refractivity contribution in [1.29, 1.82) is 0 Å². The van der Waals surface area contributed by atoms with Gasteiger partial charge in [0, 0.05) is 32.1 Å². The zero-order valence-corrected chi connectivity index (χ0v) is 16.7. The normalized spacial score (nSPS) is 10.9. The largest absolute Gasteiger partial charge is 0.493 e. The molecule has 27 heavy (non-hydrogen) atoms. The second-order valence-electron chi connectivity index (χ2n) is 6.43. The van der Waals surface area contributed by atoms with Crippen molar-refractivity contribution in [3.05, 3.63) is 28.7 Å². The molecule has 0 spiro atoms. The molecular formula is C19H27N3O5. The lowest BCUT2D eigenvalue weighted by Crippen LogP contribution is -2.35. The van der Waals surface area contributed by atoms with Crippen molar-refractivity contribution in [3.8, 4) is 17.2 Å². The molecule has 0 aliphatic rings. The van der Waals surface area contributed by atoms with Crippen molar-refractivity contribution in [2.24, 2.45) is 0 Å². The molecule has 1 heterocycles. The summed E-state index contributed by atoms with van der Waals surface area (Å²) in [6, 6.07) is 3.26. The van der Waals surface area contributed by atoms with Crippen LogP contribution in [0.4, 0.5) is 4.79 Å². The average molecular weight is 377 g/mol. The molecule has 0 radical (unpaired) electrons. The van der Waals surface area contributed by atoms with E-state index in [-0.39, 0.29) is 5.56 Å². The summed E-state index contributed by atoms with van der Waals surface area (Å²) >= 11 is 0. The molecule has 0 unspecified atom stereocenters. The van der Waals surface area contributed by atoms with Crippen LogP contribution in [-0.2, 0) is 6.54 Å². The summed E-state index contributed by atoms with van der Waals surface area (Å²) in [4.78, 5) is 28.6. The first-order valence-electron chi connectivity index (χ1n) is 8.69. The maximum absolute atomic E-state index is 12.7. The van der Waals surface area contributed by atoms with Crippen molar-refractivity contribution in [1.82, 2.24) is 14.4 Å². The van der Waals surface area contributed by atoms with Crippen molar-refractivity contribution in [3.63, 3.8) is 0 Å². The molecule has 0 fully saturated rings. The maximum atomic E-state index is 12.7. The van der Waals surface area contributed by atoms with E-state index in [1.165, 1.54) is 23.7 Å². The molecule has 0 atom stereocenters. The van der Waals surface area contributed by atoms with Crippen LogP contribution in [0.25, 0.3) is 10.8 Å². The van der Waals surface area contributed by atoms with Gasteiger partial charge in [-0.05, 0) is 33.2 Å². The van der Waals surface area contributed by atoms with E-state index in [4.69, 9.17) is 14.2 Å². The number of hydrogen-bond acceptors (Lipinski definition) is 6. The van der Waals surface area contributed by atoms with Gasteiger partial charge in [-0.2, -0.15) is 0 Å². The Balaban J connectivity index is 2.50. The van der Waals surface area contributed by atoms with Crippen LogP contribution in [-0.4, -0.2) is 68.9 Å². The van der Waals surface area contributed by atoms with Gasteiger partial charge >= 0.3 is 6.09 Å². The molecule has 2 aromatic rings. The summed E-state index contributed by atoms with van der Waals surface area (Å²) in [7, 11) is 8.56. The summed E-state index contributed by atoms with van der Waals surface area (Å²) in [6.45, 7) is 3.53. The molecule has 1 aromatic heterocycles. The first kappa shape index (κ1) is 20.6. The second-order valence-corrected chi connectivity index (χ2v) is 6.43. The number of ether oxygens (including phenoxy) is 3. The third-order valence-corrected chi connectivity index (χ3v) is 4.29. The van der Waals surface area contributed by atoms with Crippen LogP contribution in [0.2, 0.25) is 0 Å². The summed E-state index contributed by atoms with van der Waals surface area (Å²) in [6.07, 6.45) is 1.06. The van der Waals surface area contributed by atoms with Gasteiger partial charge in [-0.1, -0.05) is 0 Å². The van der Waals surface area contributed by atoms with Crippen LogP contribution in [0.15, 0.2) is 23.1 Å². The number of fused-ring (bicyclic) bond motifs is 1. The van der Waals surface area contributed by atoms with Gasteiger partial charge in [0.1, 0.15) is 0 Å². The lowest BCUT2D eigenvalue weighted by Gasteiger charge is -2.20. The number of methoxy groups -OCH3 is 2. The lowest BCUT2D eigenvalue weighted by molar-refractivity contribution is 0.159. The third kappa shape index (κ3) is 4.51. The average Bonchev–Trinajstić information content (AvgIpc) is 2.66. The van der Waals surface area contributed by atoms with Gasteiger partial charge in [-0.3, -0.25) is 4.79 Å². The molecule has 148 valence electrons. The number of likely N-dealkylation sites (N-methyl/N-ethyl adjacent to an activating group) is 2. The monoisotopic (exact) mass is 377 g/mol. The molecule has 8 nitrogen and oxygen atoms in total. The molecular weight excluding hydrogens is 350 g/mol. The molecule has 0 saturated carbocycles. The van der Waals surface area contributed by atoms with Crippen molar-refractivity contribution in [2.45, 2.75) is 13.5 Å². The minimum absolute atomic E-state index is 0.186. The van der Waals surface area contributed by atoms with E-state index < -0.39 is 6.09 Å². The first-order chi connectivity index (χ1) is 12.8. The van der Waals surface area contributed by atoms with E-state index in [9.17, 15) is 9.59 Å². The van der Waals surface area contributed by atoms with E-state index in [0.29, 0.717) is 47.7 Å². The number of carbonyl (C=O) groups excluding carboxylic acids is 1. The minimum Gasteiger partial charge on any atom is -0.493 e. The van der Waals surface area contributed by atoms with Gasteiger partial charge in [-0.25, -0.2) is 4.79 Å². The number of benzene rings is 1. The Kier molecular flexibility index (Phi) is 6.68. The minimum atomic E-state index is -0.491. The molecule has 0 aliphatic carbocycles. The predicted octanol–water partition coefficient (Wildman–Crippen LogP) is 2.03. The summed E-state index contributed by atoms with van der Waals surface area (Å²) in [5.74, 6) is 1.20. The molecule has 1 aromatic carbocycles. The number of carbonyl (C=O) groups is 1. The Bertz CT molecular complexity index is 876. The van der Waals surface area contributed by atoms with Gasteiger partial charge in [0.05, 0.1) is 25.8 Å². The number of nitrogens with zero attached hydrogens (tertiary/aromatic N) is 3. The Morgan fingerprint density at radius 1 is 1.00 bits per heavy atom. The Morgan fingerprint density at radius 2 is 1.59 bits per heavy atom. The summed E-state index contributed by atoms with van der Waals surface area (Å²) in [5.41, 5.74) is -0.186. The van der Waals surface area contributed by atoms with E-state index in [2.05, 4.69) is 0 Å². The van der Waals surface area contributed by atoms with Crippen molar-refractivity contribution in [2.75, 3.05) is 48.5 Å². The number of rotatable bonds is 7. The number of amides is 1. The zero-order valence-electron chi connectivity index (χ0n) is 16.7. The fourth-order valence-corrected chi connectivity index (χ4v) is 2.61. The number of aromatic nitrogens is 1. The molecule has 0 bridgehead atoms. The van der Waals surface area contributed by atoms with Crippen LogP contribution in [0.5, 0.6) is 17.2 Å². The molecule has 0 N–H and O–H groups in total. The molecule has 0 saturated heterocycles.